The fourth-order valence-electron chi connectivity index (χ4n) is 2.83. The van der Waals surface area contributed by atoms with Gasteiger partial charge in [0.05, 0.1) is 14.2 Å². The molecule has 22 heavy (non-hydrogen) atoms. The van der Waals surface area contributed by atoms with Crippen molar-refractivity contribution in [1.29, 1.82) is 0 Å². The van der Waals surface area contributed by atoms with Crippen LogP contribution in [-0.4, -0.2) is 30.1 Å². The lowest BCUT2D eigenvalue weighted by Crippen LogP contribution is -2.33. The van der Waals surface area contributed by atoms with Crippen molar-refractivity contribution in [2.75, 3.05) is 14.2 Å². The molecule has 0 unspecified atom stereocenters. The Labute approximate surface area is 139 Å². The zero-order valence-electron chi connectivity index (χ0n) is 14.8. The van der Waals surface area contributed by atoms with E-state index in [-0.39, 0.29) is 15.8 Å². The van der Waals surface area contributed by atoms with Crippen LogP contribution < -0.4 is 9.47 Å². The third-order valence-electron chi connectivity index (χ3n) is 3.82. The average molecular weight is 342 g/mol. The van der Waals surface area contributed by atoms with Gasteiger partial charge in [-0.2, -0.15) is 0 Å². The first kappa shape index (κ1) is 19.2. The highest BCUT2D eigenvalue weighted by Crippen LogP contribution is 2.69. The van der Waals surface area contributed by atoms with Crippen molar-refractivity contribution in [3.63, 3.8) is 0 Å². The van der Waals surface area contributed by atoms with Gasteiger partial charge in [0.25, 0.3) is 0 Å². The van der Waals surface area contributed by atoms with Crippen molar-refractivity contribution < 1.29 is 14.3 Å². The second-order valence-corrected chi connectivity index (χ2v) is 13.2. The molecule has 0 amide bonds. The van der Waals surface area contributed by atoms with Gasteiger partial charge in [-0.25, -0.2) is 0 Å². The standard InChI is InChI=1S/C17H27O3PS/c1-16(2,3)21(22,17(4,5)6)15(18)14-12(19-7)10-9-11-13(14)20-8/h9-11H,1-8H3. The van der Waals surface area contributed by atoms with Gasteiger partial charge in [0.15, 0.2) is 0 Å². The minimum atomic E-state index is -2.45. The van der Waals surface area contributed by atoms with Gasteiger partial charge in [0.2, 0.25) is 5.52 Å². The molecule has 0 aliphatic carbocycles. The molecular formula is C17H27O3PS. The van der Waals surface area contributed by atoms with Crippen LogP contribution in [0, 0.1) is 0 Å². The molecule has 5 heteroatoms. The quantitative estimate of drug-likeness (QED) is 0.728. The smallest absolute Gasteiger partial charge is 0.202 e. The van der Waals surface area contributed by atoms with E-state index in [2.05, 4.69) is 41.5 Å². The van der Waals surface area contributed by atoms with Gasteiger partial charge >= 0.3 is 0 Å². The van der Waals surface area contributed by atoms with E-state index in [4.69, 9.17) is 21.3 Å². The zero-order chi connectivity index (χ0) is 17.3. The molecule has 0 N–H and O–H groups in total. The summed E-state index contributed by atoms with van der Waals surface area (Å²) in [6, 6.07) is 2.92. The molecule has 3 nitrogen and oxygen atoms in total. The average Bonchev–Trinajstić information content (AvgIpc) is 2.42. The molecule has 0 heterocycles. The second-order valence-electron chi connectivity index (χ2n) is 7.29. The maximum absolute atomic E-state index is 13.5. The number of hydrogen-bond acceptors (Lipinski definition) is 4. The maximum atomic E-state index is 13.5. The van der Waals surface area contributed by atoms with Crippen LogP contribution in [0.15, 0.2) is 18.2 Å². The van der Waals surface area contributed by atoms with Crippen LogP contribution in [0.5, 0.6) is 11.5 Å². The molecule has 0 spiro atoms. The predicted octanol–water partition coefficient (Wildman–Crippen LogP) is 4.92. The molecule has 0 aromatic heterocycles. The summed E-state index contributed by atoms with van der Waals surface area (Å²) >= 11 is 6.05. The molecule has 0 atom stereocenters. The van der Waals surface area contributed by atoms with Gasteiger partial charge in [-0.3, -0.25) is 4.79 Å². The van der Waals surface area contributed by atoms with Crippen LogP contribution in [-0.2, 0) is 11.8 Å². The van der Waals surface area contributed by atoms with E-state index >= 15 is 0 Å². The lowest BCUT2D eigenvalue weighted by Gasteiger charge is -2.43. The van der Waals surface area contributed by atoms with Crippen molar-refractivity contribution in [1.82, 2.24) is 0 Å². The van der Waals surface area contributed by atoms with Crippen molar-refractivity contribution in [3.8, 4) is 11.5 Å². The molecule has 124 valence electrons. The summed E-state index contributed by atoms with van der Waals surface area (Å²) in [5.41, 5.74) is 0.456. The highest BCUT2D eigenvalue weighted by atomic mass is 32.4. The highest BCUT2D eigenvalue weighted by Gasteiger charge is 2.48. The van der Waals surface area contributed by atoms with Crippen molar-refractivity contribution >= 4 is 23.4 Å². The van der Waals surface area contributed by atoms with Gasteiger partial charge in [-0.05, 0) is 22.4 Å². The van der Waals surface area contributed by atoms with Gasteiger partial charge in [-0.1, -0.05) is 59.4 Å². The van der Waals surface area contributed by atoms with Crippen LogP contribution in [0.25, 0.3) is 0 Å². The van der Waals surface area contributed by atoms with Crippen LogP contribution in [0.4, 0.5) is 0 Å². The molecule has 0 aliphatic rings. The van der Waals surface area contributed by atoms with E-state index in [0.717, 1.165) is 0 Å². The summed E-state index contributed by atoms with van der Waals surface area (Å²) in [4.78, 5) is 13.5. The predicted molar refractivity (Wildman–Crippen MR) is 97.7 cm³/mol. The third kappa shape index (κ3) is 3.09. The summed E-state index contributed by atoms with van der Waals surface area (Å²) in [5.74, 6) is 1.04. The van der Waals surface area contributed by atoms with Crippen LogP contribution in [0.3, 0.4) is 0 Å². The number of hydrogen-bond donors (Lipinski definition) is 0. The molecule has 0 radical (unpaired) electrons. The third-order valence-corrected chi connectivity index (χ3v) is 12.2. The van der Waals surface area contributed by atoms with Crippen molar-refractivity contribution in [2.45, 2.75) is 51.9 Å². The first-order chi connectivity index (χ1) is 9.91. The zero-order valence-corrected chi connectivity index (χ0v) is 16.5. The highest BCUT2D eigenvalue weighted by molar-refractivity contribution is 8.24. The monoisotopic (exact) mass is 342 g/mol. The van der Waals surface area contributed by atoms with Gasteiger partial charge < -0.3 is 9.47 Å². The summed E-state index contributed by atoms with van der Waals surface area (Å²) in [6.45, 7) is 12.3. The van der Waals surface area contributed by atoms with Crippen LogP contribution in [0.1, 0.15) is 51.9 Å². The Balaban J connectivity index is 3.70. The number of benzene rings is 1. The lowest BCUT2D eigenvalue weighted by atomic mass is 10.2. The Bertz CT molecular complexity index is 569. The Morgan fingerprint density at radius 1 is 0.955 bits per heavy atom. The Morgan fingerprint density at radius 2 is 1.32 bits per heavy atom. The molecule has 1 aromatic carbocycles. The number of carbonyl (C=O) groups excluding carboxylic acids is 1. The minimum absolute atomic E-state index is 0.0169. The van der Waals surface area contributed by atoms with Gasteiger partial charge in [0, 0.05) is 6.04 Å². The first-order valence-corrected chi connectivity index (χ1v) is 10.1. The number of carbonyl (C=O) groups is 1. The van der Waals surface area contributed by atoms with E-state index in [9.17, 15) is 4.79 Å². The van der Waals surface area contributed by atoms with Crippen molar-refractivity contribution in [3.05, 3.63) is 23.8 Å². The Hall–Kier alpha value is -0.860. The molecule has 0 bridgehead atoms. The number of rotatable bonds is 4. The minimum Gasteiger partial charge on any atom is -0.496 e. The Kier molecular flexibility index (Phi) is 5.52. The van der Waals surface area contributed by atoms with Crippen LogP contribution >= 0.6 is 6.04 Å². The fourth-order valence-corrected chi connectivity index (χ4v) is 6.88. The second kappa shape index (κ2) is 6.33. The summed E-state index contributed by atoms with van der Waals surface area (Å²) in [5, 5.41) is -0.576. The topological polar surface area (TPSA) is 35.5 Å². The summed E-state index contributed by atoms with van der Waals surface area (Å²) in [6.07, 6.45) is 0. The molecule has 1 aromatic rings. The van der Waals surface area contributed by atoms with E-state index in [0.29, 0.717) is 17.1 Å². The van der Waals surface area contributed by atoms with Gasteiger partial charge in [-0.15, -0.1) is 0 Å². The Morgan fingerprint density at radius 3 is 1.59 bits per heavy atom. The van der Waals surface area contributed by atoms with E-state index < -0.39 is 6.04 Å². The van der Waals surface area contributed by atoms with Crippen molar-refractivity contribution in [2.24, 2.45) is 0 Å². The normalized spacial score (nSPS) is 12.9. The number of methoxy groups -OCH3 is 2. The molecular weight excluding hydrogens is 315 g/mol. The lowest BCUT2D eigenvalue weighted by molar-refractivity contribution is 0.107. The number of ether oxygens (including phenoxy) is 2. The van der Waals surface area contributed by atoms with E-state index in [1.54, 1.807) is 26.4 Å². The molecule has 0 aliphatic heterocycles. The van der Waals surface area contributed by atoms with Crippen LogP contribution in [0.2, 0.25) is 0 Å². The molecule has 0 fully saturated rings. The van der Waals surface area contributed by atoms with E-state index in [1.807, 2.05) is 6.07 Å². The first-order valence-electron chi connectivity index (χ1n) is 7.28. The fraction of sp³-hybridized carbons (Fsp3) is 0.588. The van der Waals surface area contributed by atoms with Gasteiger partial charge in [0.1, 0.15) is 17.1 Å². The maximum Gasteiger partial charge on any atom is 0.202 e. The SMILES string of the molecule is COc1cccc(OC)c1C(=O)P(=S)(C(C)(C)C)C(C)(C)C. The molecule has 0 saturated carbocycles. The largest absolute Gasteiger partial charge is 0.496 e. The van der Waals surface area contributed by atoms with E-state index in [1.165, 1.54) is 0 Å². The summed E-state index contributed by atoms with van der Waals surface area (Å²) in [7, 11) is 3.12. The molecule has 1 rings (SSSR count). The molecule has 0 saturated heterocycles. The summed E-state index contributed by atoms with van der Waals surface area (Å²) < 4.78 is 10.8.